The first kappa shape index (κ1) is 13.3. The third-order valence-corrected chi connectivity index (χ3v) is 3.78. The average molecular weight is 280 g/mol. The predicted molar refractivity (Wildman–Crippen MR) is 75.1 cm³/mol. The molecule has 0 atom stereocenters. The summed E-state index contributed by atoms with van der Waals surface area (Å²) in [6, 6.07) is 7.71. The molecule has 0 aliphatic rings. The van der Waals surface area contributed by atoms with Crippen molar-refractivity contribution in [3.63, 3.8) is 0 Å². The molecule has 0 aliphatic carbocycles. The van der Waals surface area contributed by atoms with Gasteiger partial charge in [0.2, 0.25) is 0 Å². The highest BCUT2D eigenvalue weighted by atomic mass is 35.5. The average Bonchev–Trinajstić information content (AvgIpc) is 2.34. The van der Waals surface area contributed by atoms with E-state index in [0.717, 1.165) is 32.8 Å². The van der Waals surface area contributed by atoms with Gasteiger partial charge < -0.3 is 5.73 Å². The van der Waals surface area contributed by atoms with Crippen molar-refractivity contribution >= 4 is 23.4 Å². The molecule has 5 heteroatoms. The summed E-state index contributed by atoms with van der Waals surface area (Å²) in [6.45, 7) is 2.52. The van der Waals surface area contributed by atoms with Crippen molar-refractivity contribution in [2.45, 2.75) is 23.4 Å². The third kappa shape index (κ3) is 3.22. The first-order valence-corrected chi connectivity index (χ1v) is 6.85. The van der Waals surface area contributed by atoms with Gasteiger partial charge in [-0.1, -0.05) is 17.7 Å². The molecular weight excluding hydrogens is 266 g/mol. The maximum absolute atomic E-state index is 6.20. The fourth-order valence-electron chi connectivity index (χ4n) is 1.59. The summed E-state index contributed by atoms with van der Waals surface area (Å²) in [4.78, 5) is 9.69. The van der Waals surface area contributed by atoms with Crippen LogP contribution in [0.3, 0.4) is 0 Å². The number of hydrogen-bond donors (Lipinski definition) is 1. The standard InChI is InChI=1S/C13H14ClN3S/c1-9-6-8-16-13(17-9)18-12-4-2-3-11(14)10(12)5-7-15/h2-4,6,8H,5,7,15H2,1H3. The number of halogens is 1. The van der Waals surface area contributed by atoms with E-state index in [1.165, 1.54) is 11.8 Å². The van der Waals surface area contributed by atoms with Gasteiger partial charge in [0.1, 0.15) is 0 Å². The van der Waals surface area contributed by atoms with E-state index in [2.05, 4.69) is 9.97 Å². The van der Waals surface area contributed by atoms with Crippen molar-refractivity contribution in [3.8, 4) is 0 Å². The summed E-state index contributed by atoms with van der Waals surface area (Å²) < 4.78 is 0. The Hall–Kier alpha value is -1.10. The van der Waals surface area contributed by atoms with Gasteiger partial charge in [0.15, 0.2) is 5.16 Å². The topological polar surface area (TPSA) is 51.8 Å². The van der Waals surface area contributed by atoms with Crippen LogP contribution in [0.1, 0.15) is 11.3 Å². The normalized spacial score (nSPS) is 10.6. The minimum atomic E-state index is 0.575. The van der Waals surface area contributed by atoms with Crippen molar-refractivity contribution in [1.82, 2.24) is 9.97 Å². The second-order valence-corrected chi connectivity index (χ2v) is 5.25. The Labute approximate surface area is 116 Å². The van der Waals surface area contributed by atoms with E-state index in [1.807, 2.05) is 31.2 Å². The Morgan fingerprint density at radius 2 is 2.17 bits per heavy atom. The summed E-state index contributed by atoms with van der Waals surface area (Å²) in [5, 5.41) is 1.48. The zero-order valence-electron chi connectivity index (χ0n) is 10.1. The van der Waals surface area contributed by atoms with Crippen molar-refractivity contribution in [2.24, 2.45) is 5.73 Å². The van der Waals surface area contributed by atoms with E-state index in [0.29, 0.717) is 6.54 Å². The van der Waals surface area contributed by atoms with Crippen LogP contribution in [0.4, 0.5) is 0 Å². The molecule has 0 aliphatic heterocycles. The molecule has 3 nitrogen and oxygen atoms in total. The van der Waals surface area contributed by atoms with Gasteiger partial charge in [0.25, 0.3) is 0 Å². The highest BCUT2D eigenvalue weighted by Gasteiger charge is 2.09. The van der Waals surface area contributed by atoms with E-state index in [4.69, 9.17) is 17.3 Å². The van der Waals surface area contributed by atoms with Gasteiger partial charge in [-0.15, -0.1) is 0 Å². The summed E-state index contributed by atoms with van der Waals surface area (Å²) in [6.07, 6.45) is 2.52. The molecule has 1 aromatic heterocycles. The van der Waals surface area contributed by atoms with Crippen molar-refractivity contribution in [2.75, 3.05) is 6.54 Å². The van der Waals surface area contributed by atoms with E-state index in [9.17, 15) is 0 Å². The van der Waals surface area contributed by atoms with Gasteiger partial charge in [-0.2, -0.15) is 0 Å². The fraction of sp³-hybridized carbons (Fsp3) is 0.231. The van der Waals surface area contributed by atoms with E-state index < -0.39 is 0 Å². The summed E-state index contributed by atoms with van der Waals surface area (Å²) >= 11 is 7.72. The zero-order valence-corrected chi connectivity index (χ0v) is 11.6. The summed E-state index contributed by atoms with van der Waals surface area (Å²) in [5.41, 5.74) is 7.64. The molecule has 2 N–H and O–H groups in total. The zero-order chi connectivity index (χ0) is 13.0. The van der Waals surface area contributed by atoms with E-state index >= 15 is 0 Å². The second-order valence-electron chi connectivity index (χ2n) is 3.84. The van der Waals surface area contributed by atoms with E-state index in [-0.39, 0.29) is 0 Å². The molecule has 0 radical (unpaired) electrons. The minimum Gasteiger partial charge on any atom is -0.330 e. The number of nitrogens with zero attached hydrogens (tertiary/aromatic N) is 2. The van der Waals surface area contributed by atoms with Crippen molar-refractivity contribution in [3.05, 3.63) is 46.7 Å². The lowest BCUT2D eigenvalue weighted by molar-refractivity contribution is 0.921. The Kier molecular flexibility index (Phi) is 4.58. The largest absolute Gasteiger partial charge is 0.330 e. The number of nitrogens with two attached hydrogens (primary N) is 1. The highest BCUT2D eigenvalue weighted by molar-refractivity contribution is 7.99. The molecule has 1 heterocycles. The SMILES string of the molecule is Cc1ccnc(Sc2cccc(Cl)c2CCN)n1. The van der Waals surface area contributed by atoms with Crippen LogP contribution >= 0.6 is 23.4 Å². The molecule has 94 valence electrons. The molecule has 0 saturated carbocycles. The molecule has 0 unspecified atom stereocenters. The molecule has 0 fully saturated rings. The lowest BCUT2D eigenvalue weighted by Crippen LogP contribution is -2.04. The lowest BCUT2D eigenvalue weighted by atomic mass is 10.1. The molecule has 0 saturated heterocycles. The number of aromatic nitrogens is 2. The van der Waals surface area contributed by atoms with E-state index in [1.54, 1.807) is 6.20 Å². The van der Waals surface area contributed by atoms with Crippen LogP contribution in [0.15, 0.2) is 40.5 Å². The Balaban J connectivity index is 2.31. The summed E-state index contributed by atoms with van der Waals surface area (Å²) in [5.74, 6) is 0. The second kappa shape index (κ2) is 6.18. The monoisotopic (exact) mass is 279 g/mol. The first-order valence-electron chi connectivity index (χ1n) is 5.65. The van der Waals surface area contributed by atoms with Crippen LogP contribution in [0.25, 0.3) is 0 Å². The van der Waals surface area contributed by atoms with Crippen molar-refractivity contribution in [1.29, 1.82) is 0 Å². The number of aryl methyl sites for hydroxylation is 1. The van der Waals surface area contributed by atoms with Gasteiger partial charge in [-0.25, -0.2) is 9.97 Å². The van der Waals surface area contributed by atoms with Gasteiger partial charge in [-0.05, 0) is 55.4 Å². The van der Waals surface area contributed by atoms with Crippen molar-refractivity contribution < 1.29 is 0 Å². The minimum absolute atomic E-state index is 0.575. The van der Waals surface area contributed by atoms with Crippen LogP contribution in [0.5, 0.6) is 0 Å². The van der Waals surface area contributed by atoms with Crippen LogP contribution in [0.2, 0.25) is 5.02 Å². The van der Waals surface area contributed by atoms with Gasteiger partial charge in [0.05, 0.1) is 0 Å². The van der Waals surface area contributed by atoms with Crippen LogP contribution < -0.4 is 5.73 Å². The van der Waals surface area contributed by atoms with Crippen LogP contribution in [0, 0.1) is 6.92 Å². The van der Waals surface area contributed by atoms with Crippen LogP contribution in [-0.4, -0.2) is 16.5 Å². The maximum Gasteiger partial charge on any atom is 0.192 e. The molecule has 0 bridgehead atoms. The molecule has 0 spiro atoms. The number of hydrogen-bond acceptors (Lipinski definition) is 4. The molecular formula is C13H14ClN3S. The van der Waals surface area contributed by atoms with Gasteiger partial charge in [0, 0.05) is 21.8 Å². The fourth-order valence-corrected chi connectivity index (χ4v) is 2.90. The van der Waals surface area contributed by atoms with Gasteiger partial charge >= 0.3 is 0 Å². The molecule has 1 aromatic carbocycles. The molecule has 2 rings (SSSR count). The smallest absolute Gasteiger partial charge is 0.192 e. The number of benzene rings is 1. The van der Waals surface area contributed by atoms with Gasteiger partial charge in [-0.3, -0.25) is 0 Å². The van der Waals surface area contributed by atoms with Crippen LogP contribution in [-0.2, 0) is 6.42 Å². The highest BCUT2D eigenvalue weighted by Crippen LogP contribution is 2.32. The lowest BCUT2D eigenvalue weighted by Gasteiger charge is -2.09. The molecule has 2 aromatic rings. The number of rotatable bonds is 4. The Morgan fingerprint density at radius 1 is 1.33 bits per heavy atom. The predicted octanol–water partition coefficient (Wildman–Crippen LogP) is 3.09. The third-order valence-electron chi connectivity index (χ3n) is 2.44. The molecule has 18 heavy (non-hydrogen) atoms. The Morgan fingerprint density at radius 3 is 2.89 bits per heavy atom. The maximum atomic E-state index is 6.20. The molecule has 0 amide bonds. The summed E-state index contributed by atoms with van der Waals surface area (Å²) in [7, 11) is 0. The quantitative estimate of drug-likeness (QED) is 0.874. The Bertz CT molecular complexity index is 546. The first-order chi connectivity index (χ1) is 8.70.